The number of fused-ring (bicyclic) bond motifs is 1. The molecule has 6 nitrogen and oxygen atoms in total. The Balaban J connectivity index is 1.65. The molecule has 2 amide bonds. The first-order chi connectivity index (χ1) is 10.5. The second-order valence-corrected chi connectivity index (χ2v) is 7.11. The van der Waals surface area contributed by atoms with Gasteiger partial charge in [-0.05, 0) is 25.2 Å². The van der Waals surface area contributed by atoms with Gasteiger partial charge in [-0.3, -0.25) is 10.1 Å². The number of aliphatic carboxylic acids is 1. The van der Waals surface area contributed by atoms with Gasteiger partial charge in [-0.15, -0.1) is 11.3 Å². The van der Waals surface area contributed by atoms with E-state index in [9.17, 15) is 14.7 Å². The van der Waals surface area contributed by atoms with E-state index < -0.39 is 11.4 Å². The predicted octanol–water partition coefficient (Wildman–Crippen LogP) is 2.81. The molecule has 2 aliphatic rings. The van der Waals surface area contributed by atoms with Crippen LogP contribution in [0.2, 0.25) is 0 Å². The van der Waals surface area contributed by atoms with Crippen molar-refractivity contribution >= 4 is 28.5 Å². The van der Waals surface area contributed by atoms with Crippen LogP contribution in [0.3, 0.4) is 0 Å². The molecule has 0 radical (unpaired) electrons. The minimum atomic E-state index is -0.759. The fourth-order valence-corrected chi connectivity index (χ4v) is 4.43. The van der Waals surface area contributed by atoms with E-state index in [1.807, 2.05) is 5.38 Å². The smallest absolute Gasteiger partial charge is 0.323 e. The Bertz CT molecular complexity index is 588. The Kier molecular flexibility index (Phi) is 4.08. The summed E-state index contributed by atoms with van der Waals surface area (Å²) in [4.78, 5) is 30.0. The Morgan fingerprint density at radius 1 is 1.59 bits per heavy atom. The van der Waals surface area contributed by atoms with Crippen molar-refractivity contribution in [1.82, 2.24) is 9.88 Å². The molecule has 120 valence electrons. The van der Waals surface area contributed by atoms with Crippen LogP contribution >= 0.6 is 11.3 Å². The molecule has 0 aromatic carbocycles. The molecule has 1 aromatic rings. The average Bonchev–Trinajstić information content (AvgIpc) is 3.12. The number of amides is 2. The number of hydrogen-bond donors (Lipinski definition) is 2. The van der Waals surface area contributed by atoms with Gasteiger partial charge in [0.1, 0.15) is 0 Å². The van der Waals surface area contributed by atoms with Gasteiger partial charge in [0, 0.05) is 18.5 Å². The van der Waals surface area contributed by atoms with E-state index in [0.717, 1.165) is 31.4 Å². The summed E-state index contributed by atoms with van der Waals surface area (Å²) < 4.78 is 0. The van der Waals surface area contributed by atoms with Crippen LogP contribution in [0.4, 0.5) is 9.93 Å². The van der Waals surface area contributed by atoms with E-state index in [4.69, 9.17) is 0 Å². The van der Waals surface area contributed by atoms with E-state index in [-0.39, 0.29) is 11.9 Å². The number of hydrogen-bond acceptors (Lipinski definition) is 4. The standard InChI is InChI=1S/C15H21N3O3S/c1-2-4-11-8-22-13(16-11)17-14(21)18-7-10-5-3-6-15(10,9-18)12(19)20/h8,10H,2-7,9H2,1H3,(H,19,20)(H,16,17,21)/t10-,15+/m0/s1. The normalized spacial score (nSPS) is 27.0. The minimum absolute atomic E-state index is 0.0858. The van der Waals surface area contributed by atoms with E-state index in [0.29, 0.717) is 24.6 Å². The lowest BCUT2D eigenvalue weighted by molar-refractivity contribution is -0.149. The number of likely N-dealkylation sites (tertiary alicyclic amines) is 1. The van der Waals surface area contributed by atoms with Crippen molar-refractivity contribution < 1.29 is 14.7 Å². The number of anilines is 1. The monoisotopic (exact) mass is 323 g/mol. The number of aromatic nitrogens is 1. The Morgan fingerprint density at radius 3 is 3.09 bits per heavy atom. The third kappa shape index (κ3) is 2.58. The minimum Gasteiger partial charge on any atom is -0.481 e. The summed E-state index contributed by atoms with van der Waals surface area (Å²) in [7, 11) is 0. The number of thiazole rings is 1. The first-order valence-electron chi connectivity index (χ1n) is 7.79. The number of nitrogens with zero attached hydrogens (tertiary/aromatic N) is 2. The molecule has 1 saturated carbocycles. The SMILES string of the molecule is CCCc1csc(NC(=O)N2C[C@@H]3CCC[C@@]3(C(=O)O)C2)n1. The Morgan fingerprint density at radius 2 is 2.41 bits per heavy atom. The summed E-state index contributed by atoms with van der Waals surface area (Å²) in [6, 6.07) is -0.229. The molecular weight excluding hydrogens is 302 g/mol. The molecule has 1 saturated heterocycles. The summed E-state index contributed by atoms with van der Waals surface area (Å²) in [6.07, 6.45) is 4.44. The first-order valence-corrected chi connectivity index (χ1v) is 8.67. The van der Waals surface area contributed by atoms with E-state index in [2.05, 4.69) is 17.2 Å². The van der Waals surface area contributed by atoms with Crippen molar-refractivity contribution in [3.63, 3.8) is 0 Å². The lowest BCUT2D eigenvalue weighted by Crippen LogP contribution is -2.38. The molecule has 3 rings (SSSR count). The van der Waals surface area contributed by atoms with E-state index in [1.165, 1.54) is 11.3 Å². The van der Waals surface area contributed by atoms with Gasteiger partial charge >= 0.3 is 12.0 Å². The quantitative estimate of drug-likeness (QED) is 0.892. The van der Waals surface area contributed by atoms with Gasteiger partial charge in [-0.2, -0.15) is 0 Å². The molecule has 0 spiro atoms. The van der Waals surface area contributed by atoms with E-state index in [1.54, 1.807) is 4.90 Å². The van der Waals surface area contributed by atoms with Crippen LogP contribution in [-0.2, 0) is 11.2 Å². The van der Waals surface area contributed by atoms with Gasteiger partial charge in [0.15, 0.2) is 5.13 Å². The summed E-state index contributed by atoms with van der Waals surface area (Å²) >= 11 is 1.42. The van der Waals surface area contributed by atoms with Gasteiger partial charge in [0.25, 0.3) is 0 Å². The van der Waals surface area contributed by atoms with Crippen molar-refractivity contribution in [3.8, 4) is 0 Å². The second kappa shape index (κ2) is 5.87. The number of carboxylic acid groups (broad SMARTS) is 1. The molecule has 0 bridgehead atoms. The maximum atomic E-state index is 12.4. The van der Waals surface area contributed by atoms with Crippen LogP contribution in [0.25, 0.3) is 0 Å². The van der Waals surface area contributed by atoms with Gasteiger partial charge in [0.2, 0.25) is 0 Å². The zero-order valence-electron chi connectivity index (χ0n) is 12.7. The highest BCUT2D eigenvalue weighted by atomic mass is 32.1. The highest BCUT2D eigenvalue weighted by Crippen LogP contribution is 2.48. The highest BCUT2D eigenvalue weighted by Gasteiger charge is 2.55. The van der Waals surface area contributed by atoms with Crippen LogP contribution in [0.15, 0.2) is 5.38 Å². The number of carboxylic acids is 1. The van der Waals surface area contributed by atoms with Gasteiger partial charge in [-0.25, -0.2) is 9.78 Å². The molecule has 7 heteroatoms. The molecule has 1 aliphatic heterocycles. The van der Waals surface area contributed by atoms with Crippen molar-refractivity contribution in [2.24, 2.45) is 11.3 Å². The Labute approximate surface area is 133 Å². The van der Waals surface area contributed by atoms with Crippen LogP contribution in [0.1, 0.15) is 38.3 Å². The fourth-order valence-electron chi connectivity index (χ4n) is 3.70. The fraction of sp³-hybridized carbons (Fsp3) is 0.667. The van der Waals surface area contributed by atoms with Crippen LogP contribution in [-0.4, -0.2) is 40.1 Å². The number of nitrogens with one attached hydrogen (secondary N) is 1. The van der Waals surface area contributed by atoms with Crippen molar-refractivity contribution in [2.45, 2.75) is 39.0 Å². The maximum Gasteiger partial charge on any atom is 0.323 e. The summed E-state index contributed by atoms with van der Waals surface area (Å²) in [5.74, 6) is -0.674. The third-order valence-corrected chi connectivity index (χ3v) is 5.66. The van der Waals surface area contributed by atoms with Crippen molar-refractivity contribution in [2.75, 3.05) is 18.4 Å². The van der Waals surface area contributed by atoms with E-state index >= 15 is 0 Å². The molecule has 2 fully saturated rings. The Hall–Kier alpha value is -1.63. The summed E-state index contributed by atoms with van der Waals surface area (Å²) in [6.45, 7) is 2.93. The van der Waals surface area contributed by atoms with Crippen molar-refractivity contribution in [3.05, 3.63) is 11.1 Å². The average molecular weight is 323 g/mol. The summed E-state index contributed by atoms with van der Waals surface area (Å²) in [5, 5.41) is 14.9. The molecular formula is C15H21N3O3S. The number of aryl methyl sites for hydroxylation is 1. The van der Waals surface area contributed by atoms with Gasteiger partial charge < -0.3 is 10.0 Å². The lowest BCUT2D eigenvalue weighted by atomic mass is 9.81. The largest absolute Gasteiger partial charge is 0.481 e. The molecule has 1 aliphatic carbocycles. The first kappa shape index (κ1) is 15.3. The molecule has 2 heterocycles. The molecule has 1 aromatic heterocycles. The number of urea groups is 1. The lowest BCUT2D eigenvalue weighted by Gasteiger charge is -2.23. The summed E-state index contributed by atoms with van der Waals surface area (Å²) in [5.41, 5.74) is 0.260. The van der Waals surface area contributed by atoms with Gasteiger partial charge in [0.05, 0.1) is 11.1 Å². The molecule has 2 N–H and O–H groups in total. The predicted molar refractivity (Wildman–Crippen MR) is 84.1 cm³/mol. The highest BCUT2D eigenvalue weighted by molar-refractivity contribution is 7.13. The number of carbonyl (C=O) groups excluding carboxylic acids is 1. The second-order valence-electron chi connectivity index (χ2n) is 6.26. The zero-order valence-corrected chi connectivity index (χ0v) is 13.5. The zero-order chi connectivity index (χ0) is 15.7. The van der Waals surface area contributed by atoms with Crippen LogP contribution in [0, 0.1) is 11.3 Å². The topological polar surface area (TPSA) is 82.5 Å². The molecule has 22 heavy (non-hydrogen) atoms. The molecule has 0 unspecified atom stereocenters. The third-order valence-electron chi connectivity index (χ3n) is 4.86. The van der Waals surface area contributed by atoms with Crippen LogP contribution < -0.4 is 5.32 Å². The van der Waals surface area contributed by atoms with Gasteiger partial charge in [-0.1, -0.05) is 19.8 Å². The maximum absolute atomic E-state index is 12.4. The number of carbonyl (C=O) groups is 2. The van der Waals surface area contributed by atoms with Crippen molar-refractivity contribution in [1.29, 1.82) is 0 Å². The number of rotatable bonds is 4. The van der Waals surface area contributed by atoms with Crippen LogP contribution in [0.5, 0.6) is 0 Å². The molecule has 2 atom stereocenters.